The molecule has 0 radical (unpaired) electrons. The highest BCUT2D eigenvalue weighted by atomic mass is 19.3. The molecule has 1 fully saturated rings. The summed E-state index contributed by atoms with van der Waals surface area (Å²) >= 11 is 0. The summed E-state index contributed by atoms with van der Waals surface area (Å²) in [4.78, 5) is 31.2. The van der Waals surface area contributed by atoms with Crippen molar-refractivity contribution in [1.82, 2.24) is 15.6 Å². The second-order valence-electron chi connectivity index (χ2n) is 10.1. The van der Waals surface area contributed by atoms with Gasteiger partial charge in [0.1, 0.15) is 0 Å². The van der Waals surface area contributed by atoms with Crippen LogP contribution in [0.3, 0.4) is 0 Å². The molecule has 2 aromatic rings. The van der Waals surface area contributed by atoms with Crippen molar-refractivity contribution >= 4 is 11.6 Å². The van der Waals surface area contributed by atoms with E-state index in [1.807, 2.05) is 25.1 Å². The third kappa shape index (κ3) is 6.66. The quantitative estimate of drug-likeness (QED) is 0.493. The average molecular weight is 513 g/mol. The van der Waals surface area contributed by atoms with E-state index in [9.17, 15) is 18.4 Å². The highest BCUT2D eigenvalue weighted by Gasteiger charge is 2.28. The first-order valence-electron chi connectivity index (χ1n) is 13.4. The molecule has 1 aliphatic heterocycles. The van der Waals surface area contributed by atoms with E-state index in [-0.39, 0.29) is 30.6 Å². The van der Waals surface area contributed by atoms with Gasteiger partial charge in [-0.1, -0.05) is 18.2 Å². The summed E-state index contributed by atoms with van der Waals surface area (Å²) in [6.45, 7) is 4.72. The van der Waals surface area contributed by atoms with E-state index in [2.05, 4.69) is 45.7 Å². The molecule has 0 saturated heterocycles. The van der Waals surface area contributed by atoms with Crippen molar-refractivity contribution in [3.63, 3.8) is 0 Å². The Morgan fingerprint density at radius 2 is 1.89 bits per heavy atom. The van der Waals surface area contributed by atoms with Crippen LogP contribution in [0.1, 0.15) is 71.8 Å². The third-order valence-electron chi connectivity index (χ3n) is 7.60. The smallest absolute Gasteiger partial charge is 0.253 e. The summed E-state index contributed by atoms with van der Waals surface area (Å²) in [5.41, 5.74) is 4.90. The number of aromatic amines is 1. The third-order valence-corrected chi connectivity index (χ3v) is 7.60. The standard InChI is InChI=1S/C29H38F2N4O2/c1-3-35(22-14-12-21(13-15-22)32-18-27(30)31)26-11-7-10-24-23(26)9-6-4-5-8-20-16-19(2)34-29(37)25(20)17-33-28(24)36/h4,6-7,10-11,16,21-22,27,32H,3,5,8-9,12-15,17-18H2,1-2H3,(H,33,36)(H,34,37). The number of rotatable bonds is 6. The van der Waals surface area contributed by atoms with E-state index >= 15 is 0 Å². The lowest BCUT2D eigenvalue weighted by molar-refractivity contribution is 0.0949. The van der Waals surface area contributed by atoms with Crippen molar-refractivity contribution in [3.8, 4) is 0 Å². The van der Waals surface area contributed by atoms with Gasteiger partial charge in [-0.15, -0.1) is 0 Å². The number of aryl methyl sites for hydroxylation is 2. The fourth-order valence-corrected chi connectivity index (χ4v) is 5.77. The zero-order valence-electron chi connectivity index (χ0n) is 21.8. The second kappa shape index (κ2) is 12.5. The molecule has 3 N–H and O–H groups in total. The average Bonchev–Trinajstić information content (AvgIpc) is 2.87. The number of hydrogen-bond acceptors (Lipinski definition) is 4. The van der Waals surface area contributed by atoms with Crippen molar-refractivity contribution in [2.24, 2.45) is 0 Å². The minimum Gasteiger partial charge on any atom is -0.369 e. The molecule has 1 aromatic carbocycles. The van der Waals surface area contributed by atoms with Gasteiger partial charge in [0, 0.05) is 47.7 Å². The number of carbonyl (C=O) groups is 1. The van der Waals surface area contributed by atoms with E-state index < -0.39 is 6.43 Å². The molecule has 37 heavy (non-hydrogen) atoms. The van der Waals surface area contributed by atoms with Crippen LogP contribution < -0.4 is 21.1 Å². The molecule has 0 atom stereocenters. The Kier molecular flexibility index (Phi) is 9.14. The molecule has 0 unspecified atom stereocenters. The summed E-state index contributed by atoms with van der Waals surface area (Å²) in [7, 11) is 0. The van der Waals surface area contributed by atoms with Gasteiger partial charge in [-0.3, -0.25) is 9.59 Å². The Hall–Kier alpha value is -3.00. The maximum Gasteiger partial charge on any atom is 0.253 e. The minimum atomic E-state index is -2.33. The van der Waals surface area contributed by atoms with Crippen LogP contribution in [-0.2, 0) is 19.4 Å². The number of nitrogens with one attached hydrogen (secondary N) is 3. The highest BCUT2D eigenvalue weighted by Crippen LogP contribution is 2.32. The molecule has 4 rings (SSSR count). The monoisotopic (exact) mass is 512 g/mol. The first kappa shape index (κ1) is 27.0. The number of aromatic nitrogens is 1. The number of halogens is 2. The Balaban J connectivity index is 1.58. The number of alkyl halides is 2. The van der Waals surface area contributed by atoms with Crippen LogP contribution in [0, 0.1) is 6.92 Å². The number of anilines is 1. The number of allylic oxidation sites excluding steroid dienone is 2. The van der Waals surface area contributed by atoms with Crippen LogP contribution in [0.25, 0.3) is 0 Å². The zero-order chi connectivity index (χ0) is 26.4. The summed E-state index contributed by atoms with van der Waals surface area (Å²) in [6, 6.07) is 8.27. The van der Waals surface area contributed by atoms with Crippen molar-refractivity contribution in [3.05, 3.63) is 74.7 Å². The van der Waals surface area contributed by atoms with Crippen LogP contribution >= 0.6 is 0 Å². The van der Waals surface area contributed by atoms with Crippen LogP contribution in [-0.4, -0.2) is 42.5 Å². The molecule has 1 aromatic heterocycles. The van der Waals surface area contributed by atoms with Gasteiger partial charge >= 0.3 is 0 Å². The van der Waals surface area contributed by atoms with E-state index in [0.29, 0.717) is 23.6 Å². The van der Waals surface area contributed by atoms with Gasteiger partial charge in [-0.25, -0.2) is 8.78 Å². The number of hydrogen-bond donors (Lipinski definition) is 3. The van der Waals surface area contributed by atoms with E-state index in [1.165, 1.54) is 0 Å². The molecular formula is C29H38F2N4O2. The maximum atomic E-state index is 13.4. The van der Waals surface area contributed by atoms with E-state index in [0.717, 1.165) is 67.6 Å². The first-order chi connectivity index (χ1) is 17.9. The molecule has 6 nitrogen and oxygen atoms in total. The van der Waals surface area contributed by atoms with Gasteiger partial charge in [0.15, 0.2) is 0 Å². The highest BCUT2D eigenvalue weighted by molar-refractivity contribution is 5.97. The molecule has 0 bridgehead atoms. The number of amides is 1. The van der Waals surface area contributed by atoms with Gasteiger partial charge < -0.3 is 20.5 Å². The van der Waals surface area contributed by atoms with E-state index in [4.69, 9.17) is 0 Å². The summed E-state index contributed by atoms with van der Waals surface area (Å²) in [5, 5.41) is 5.99. The lowest BCUT2D eigenvalue weighted by atomic mass is 9.89. The number of benzene rings is 1. The first-order valence-corrected chi connectivity index (χ1v) is 13.4. The van der Waals surface area contributed by atoms with Crippen LogP contribution in [0.5, 0.6) is 0 Å². The Morgan fingerprint density at radius 1 is 1.11 bits per heavy atom. The van der Waals surface area contributed by atoms with Gasteiger partial charge in [0.25, 0.3) is 17.9 Å². The van der Waals surface area contributed by atoms with Crippen LogP contribution in [0.2, 0.25) is 0 Å². The fraction of sp³-hybridized carbons (Fsp3) is 0.517. The zero-order valence-corrected chi connectivity index (χ0v) is 21.8. The Labute approximate surface area is 217 Å². The van der Waals surface area contributed by atoms with Gasteiger partial charge in [-0.05, 0) is 88.1 Å². The molecule has 2 heterocycles. The number of carbonyl (C=O) groups excluding carboxylic acids is 1. The van der Waals surface area contributed by atoms with Gasteiger partial charge in [0.05, 0.1) is 6.54 Å². The molecule has 2 aliphatic rings. The molecule has 1 saturated carbocycles. The van der Waals surface area contributed by atoms with E-state index in [1.54, 1.807) is 0 Å². The molecular weight excluding hydrogens is 474 g/mol. The fourth-order valence-electron chi connectivity index (χ4n) is 5.77. The van der Waals surface area contributed by atoms with Crippen molar-refractivity contribution in [2.45, 2.75) is 83.8 Å². The largest absolute Gasteiger partial charge is 0.369 e. The second-order valence-corrected chi connectivity index (χ2v) is 10.1. The Bertz CT molecular complexity index is 1170. The summed E-state index contributed by atoms with van der Waals surface area (Å²) < 4.78 is 25.2. The van der Waals surface area contributed by atoms with Gasteiger partial charge in [0.2, 0.25) is 0 Å². The SMILES string of the molecule is CCN(c1cccc2c1CC=CCCc1cc(C)[nH]c(=O)c1CNC2=O)C1CCC(NCC(F)F)CC1. The molecule has 8 heteroatoms. The molecule has 1 aliphatic carbocycles. The van der Waals surface area contributed by atoms with Crippen molar-refractivity contribution < 1.29 is 13.6 Å². The minimum absolute atomic E-state index is 0.129. The topological polar surface area (TPSA) is 77.2 Å². The number of fused-ring (bicyclic) bond motifs is 2. The predicted octanol–water partition coefficient (Wildman–Crippen LogP) is 4.65. The predicted molar refractivity (Wildman–Crippen MR) is 144 cm³/mol. The number of pyridine rings is 1. The lowest BCUT2D eigenvalue weighted by Crippen LogP contribution is -2.44. The summed E-state index contributed by atoms with van der Waals surface area (Å²) in [6.07, 6.45) is 7.67. The number of H-pyrrole nitrogens is 1. The van der Waals surface area contributed by atoms with Crippen molar-refractivity contribution in [1.29, 1.82) is 0 Å². The molecule has 0 spiro atoms. The summed E-state index contributed by atoms with van der Waals surface area (Å²) in [5.74, 6) is -0.187. The maximum absolute atomic E-state index is 13.4. The van der Waals surface area contributed by atoms with Crippen LogP contribution in [0.15, 0.2) is 41.2 Å². The van der Waals surface area contributed by atoms with Crippen molar-refractivity contribution in [2.75, 3.05) is 18.0 Å². The lowest BCUT2D eigenvalue weighted by Gasteiger charge is -2.39. The molecule has 1 amide bonds. The van der Waals surface area contributed by atoms with Crippen LogP contribution in [0.4, 0.5) is 14.5 Å². The number of nitrogens with zero attached hydrogens (tertiary/aromatic N) is 1. The van der Waals surface area contributed by atoms with Gasteiger partial charge in [-0.2, -0.15) is 0 Å². The molecule has 200 valence electrons. The Morgan fingerprint density at radius 3 is 2.62 bits per heavy atom. The normalized spacial score (nSPS) is 20.4.